The second-order valence-electron chi connectivity index (χ2n) is 6.84. The summed E-state index contributed by atoms with van der Waals surface area (Å²) < 4.78 is 5.97. The minimum Gasteiger partial charge on any atom is -0.378 e. The average Bonchev–Trinajstić information content (AvgIpc) is 3.32. The number of allylic oxidation sites excluding steroid dienone is 4. The van der Waals surface area contributed by atoms with E-state index in [0.29, 0.717) is 17.0 Å². The van der Waals surface area contributed by atoms with Crippen molar-refractivity contribution in [2.45, 2.75) is 27.7 Å². The third-order valence-corrected chi connectivity index (χ3v) is 3.92. The van der Waals surface area contributed by atoms with E-state index in [-0.39, 0.29) is 17.3 Å². The largest absolute Gasteiger partial charge is 0.378 e. The summed E-state index contributed by atoms with van der Waals surface area (Å²) in [5, 5.41) is 19.5. The Bertz CT molecular complexity index is 1130. The van der Waals surface area contributed by atoms with Crippen LogP contribution in [0.1, 0.15) is 38.2 Å². The molecule has 0 atom stereocenters. The summed E-state index contributed by atoms with van der Waals surface area (Å²) >= 11 is 0. The SMILES string of the molecule is CC(C)=C/C(C)=C/C(C)=N/NC(=O)c1nnn(-c2nonc2N)c1-c1ccccc1. The van der Waals surface area contributed by atoms with E-state index in [2.05, 4.69) is 35.8 Å². The number of rotatable bonds is 6. The lowest BCUT2D eigenvalue weighted by Crippen LogP contribution is -2.20. The number of anilines is 1. The van der Waals surface area contributed by atoms with Crippen molar-refractivity contribution in [1.29, 1.82) is 0 Å². The minimum atomic E-state index is -0.525. The summed E-state index contributed by atoms with van der Waals surface area (Å²) in [5.41, 5.74) is 12.3. The summed E-state index contributed by atoms with van der Waals surface area (Å²) in [6, 6.07) is 9.15. The minimum absolute atomic E-state index is 0.0257. The lowest BCUT2D eigenvalue weighted by Gasteiger charge is -2.05. The molecular formula is C20H22N8O2. The molecule has 0 bridgehead atoms. The van der Waals surface area contributed by atoms with Crippen LogP contribution in [0.15, 0.2) is 63.4 Å². The number of carbonyl (C=O) groups is 1. The molecule has 1 amide bonds. The average molecular weight is 406 g/mol. The molecule has 154 valence electrons. The first-order chi connectivity index (χ1) is 14.4. The Morgan fingerprint density at radius 3 is 2.50 bits per heavy atom. The second-order valence-corrected chi connectivity index (χ2v) is 6.84. The first kappa shape index (κ1) is 20.6. The molecule has 3 aromatic rings. The fourth-order valence-electron chi connectivity index (χ4n) is 2.83. The van der Waals surface area contributed by atoms with E-state index in [9.17, 15) is 4.79 Å². The van der Waals surface area contributed by atoms with Gasteiger partial charge in [0, 0.05) is 5.56 Å². The highest BCUT2D eigenvalue weighted by Crippen LogP contribution is 2.26. The Morgan fingerprint density at radius 2 is 1.87 bits per heavy atom. The number of nitrogen functional groups attached to an aromatic ring is 1. The smallest absolute Gasteiger partial charge is 0.294 e. The zero-order chi connectivity index (χ0) is 21.7. The van der Waals surface area contributed by atoms with Crippen molar-refractivity contribution in [3.8, 4) is 17.1 Å². The standard InChI is InChI=1S/C20H22N8O2/c1-12(2)10-13(3)11-14(4)22-24-20(29)16-17(15-8-6-5-7-9-15)28(27-23-16)19-18(21)25-30-26-19/h5-11H,1-4H3,(H2,21,25)(H,24,29)/b13-11+,22-14+. The van der Waals surface area contributed by atoms with Gasteiger partial charge >= 0.3 is 0 Å². The van der Waals surface area contributed by atoms with Crippen LogP contribution in [0, 0.1) is 0 Å². The van der Waals surface area contributed by atoms with Crippen LogP contribution in [0.3, 0.4) is 0 Å². The van der Waals surface area contributed by atoms with Crippen LogP contribution in [-0.4, -0.2) is 36.9 Å². The molecule has 0 radical (unpaired) electrons. The molecule has 1 aromatic carbocycles. The van der Waals surface area contributed by atoms with E-state index in [1.54, 1.807) is 6.92 Å². The zero-order valence-corrected chi connectivity index (χ0v) is 17.1. The summed E-state index contributed by atoms with van der Waals surface area (Å²) in [7, 11) is 0. The van der Waals surface area contributed by atoms with Gasteiger partial charge < -0.3 is 5.73 Å². The number of hydrogen-bond donors (Lipinski definition) is 2. The van der Waals surface area contributed by atoms with E-state index < -0.39 is 5.91 Å². The van der Waals surface area contributed by atoms with Gasteiger partial charge in [0.25, 0.3) is 5.91 Å². The Labute approximate surface area is 173 Å². The molecule has 2 aromatic heterocycles. The molecule has 30 heavy (non-hydrogen) atoms. The van der Waals surface area contributed by atoms with Crippen molar-refractivity contribution in [2.24, 2.45) is 5.10 Å². The van der Waals surface area contributed by atoms with Crippen LogP contribution < -0.4 is 11.2 Å². The van der Waals surface area contributed by atoms with Gasteiger partial charge in [0.15, 0.2) is 5.69 Å². The topological polar surface area (TPSA) is 137 Å². The molecule has 0 spiro atoms. The first-order valence-electron chi connectivity index (χ1n) is 9.14. The first-order valence-corrected chi connectivity index (χ1v) is 9.14. The van der Waals surface area contributed by atoms with Gasteiger partial charge in [-0.3, -0.25) is 4.79 Å². The lowest BCUT2D eigenvalue weighted by molar-refractivity contribution is 0.0950. The maximum absolute atomic E-state index is 12.8. The van der Waals surface area contributed by atoms with Gasteiger partial charge in [-0.1, -0.05) is 47.2 Å². The predicted octanol–water partition coefficient (Wildman–Crippen LogP) is 2.92. The van der Waals surface area contributed by atoms with Crippen LogP contribution in [-0.2, 0) is 0 Å². The van der Waals surface area contributed by atoms with Crippen molar-refractivity contribution in [3.63, 3.8) is 0 Å². The van der Waals surface area contributed by atoms with Gasteiger partial charge in [-0.15, -0.1) is 5.10 Å². The van der Waals surface area contributed by atoms with Crippen LogP contribution in [0.2, 0.25) is 0 Å². The normalized spacial score (nSPS) is 12.0. The Hall–Kier alpha value is -4.08. The van der Waals surface area contributed by atoms with E-state index in [4.69, 9.17) is 5.73 Å². The number of aromatic nitrogens is 5. The molecule has 0 aliphatic carbocycles. The summed E-state index contributed by atoms with van der Waals surface area (Å²) in [4.78, 5) is 12.8. The molecule has 10 heteroatoms. The highest BCUT2D eigenvalue weighted by molar-refractivity contribution is 6.00. The Morgan fingerprint density at radius 1 is 1.13 bits per heavy atom. The molecule has 3 N–H and O–H groups in total. The summed E-state index contributed by atoms with van der Waals surface area (Å²) in [6.07, 6.45) is 3.89. The Kier molecular flexibility index (Phi) is 6.16. The van der Waals surface area contributed by atoms with Crippen molar-refractivity contribution >= 4 is 17.4 Å². The van der Waals surface area contributed by atoms with Gasteiger partial charge in [0.2, 0.25) is 11.6 Å². The fourth-order valence-corrected chi connectivity index (χ4v) is 2.83. The van der Waals surface area contributed by atoms with Crippen LogP contribution in [0.4, 0.5) is 5.82 Å². The summed E-state index contributed by atoms with van der Waals surface area (Å²) in [6.45, 7) is 7.77. The number of benzene rings is 1. The number of hydrazone groups is 1. The van der Waals surface area contributed by atoms with Gasteiger partial charge in [0.05, 0.1) is 5.71 Å². The van der Waals surface area contributed by atoms with E-state index >= 15 is 0 Å². The van der Waals surface area contributed by atoms with Crippen LogP contribution >= 0.6 is 0 Å². The number of nitrogens with two attached hydrogens (primary N) is 1. The molecule has 0 aliphatic rings. The highest BCUT2D eigenvalue weighted by Gasteiger charge is 2.25. The Balaban J connectivity index is 1.95. The third kappa shape index (κ3) is 4.66. The van der Waals surface area contributed by atoms with Crippen LogP contribution in [0.25, 0.3) is 17.1 Å². The fraction of sp³-hybridized carbons (Fsp3) is 0.200. The third-order valence-electron chi connectivity index (χ3n) is 3.92. The van der Waals surface area contributed by atoms with E-state index in [1.807, 2.05) is 63.3 Å². The van der Waals surface area contributed by atoms with E-state index in [0.717, 1.165) is 5.57 Å². The number of carbonyl (C=O) groups excluding carboxylic acids is 1. The predicted molar refractivity (Wildman–Crippen MR) is 113 cm³/mol. The monoisotopic (exact) mass is 406 g/mol. The van der Waals surface area contributed by atoms with E-state index in [1.165, 1.54) is 10.3 Å². The molecule has 0 aliphatic heterocycles. The second kappa shape index (κ2) is 8.95. The molecule has 10 nitrogen and oxygen atoms in total. The molecule has 0 saturated heterocycles. The van der Waals surface area contributed by atoms with Gasteiger partial charge in [0.1, 0.15) is 5.69 Å². The highest BCUT2D eigenvalue weighted by atomic mass is 16.6. The number of nitrogens with one attached hydrogen (secondary N) is 1. The van der Waals surface area contributed by atoms with Gasteiger partial charge in [-0.05, 0) is 49.7 Å². The van der Waals surface area contributed by atoms with Crippen molar-refractivity contribution < 1.29 is 9.42 Å². The number of hydrogen-bond acceptors (Lipinski definition) is 8. The number of amides is 1. The van der Waals surface area contributed by atoms with Crippen LogP contribution in [0.5, 0.6) is 0 Å². The maximum Gasteiger partial charge on any atom is 0.294 e. The number of nitrogens with zero attached hydrogens (tertiary/aromatic N) is 6. The van der Waals surface area contributed by atoms with Gasteiger partial charge in [-0.25, -0.2) is 10.1 Å². The summed E-state index contributed by atoms with van der Waals surface area (Å²) in [5.74, 6) is -0.360. The molecule has 0 unspecified atom stereocenters. The van der Waals surface area contributed by atoms with Crippen molar-refractivity contribution in [1.82, 2.24) is 30.7 Å². The molecule has 0 fully saturated rings. The molecule has 0 saturated carbocycles. The zero-order valence-electron chi connectivity index (χ0n) is 17.1. The maximum atomic E-state index is 12.8. The van der Waals surface area contributed by atoms with Crippen molar-refractivity contribution in [3.05, 3.63) is 59.3 Å². The quantitative estimate of drug-likeness (QED) is 0.365. The molecule has 2 heterocycles. The van der Waals surface area contributed by atoms with Gasteiger partial charge in [-0.2, -0.15) is 9.78 Å². The van der Waals surface area contributed by atoms with Crippen molar-refractivity contribution in [2.75, 3.05) is 5.73 Å². The molecular weight excluding hydrogens is 384 g/mol. The lowest BCUT2D eigenvalue weighted by atomic mass is 10.1. The molecule has 3 rings (SSSR count).